The van der Waals surface area contributed by atoms with Gasteiger partial charge in [0.1, 0.15) is 6.10 Å². The summed E-state index contributed by atoms with van der Waals surface area (Å²) in [6.07, 6.45) is 5.04. The van der Waals surface area contributed by atoms with E-state index in [9.17, 15) is 4.79 Å². The molecule has 2 saturated heterocycles. The molecule has 4 atom stereocenters. The number of ketones is 1. The predicted molar refractivity (Wildman–Crippen MR) is 79.4 cm³/mol. The Labute approximate surface area is 133 Å². The van der Waals surface area contributed by atoms with E-state index < -0.39 is 11.9 Å². The van der Waals surface area contributed by atoms with Crippen molar-refractivity contribution < 1.29 is 23.7 Å². The Morgan fingerprint density at radius 2 is 1.96 bits per heavy atom. The number of allylic oxidation sites excluding steroid dienone is 3. The largest absolute Gasteiger partial charge is 0.454 e. The maximum Gasteiger partial charge on any atom is 0.231 e. The lowest BCUT2D eigenvalue weighted by Crippen LogP contribution is -2.33. The number of fused-ring (bicyclic) bond motifs is 6. The fraction of sp³-hybridized carbons (Fsp3) is 0.529. The third kappa shape index (κ3) is 1.82. The van der Waals surface area contributed by atoms with E-state index in [0.29, 0.717) is 12.3 Å². The van der Waals surface area contributed by atoms with Crippen LogP contribution in [0.2, 0.25) is 0 Å². The quantitative estimate of drug-likeness (QED) is 0.677. The summed E-state index contributed by atoms with van der Waals surface area (Å²) in [6.45, 7) is 4.42. The molecule has 0 radical (unpaired) electrons. The van der Waals surface area contributed by atoms with E-state index in [2.05, 4.69) is 4.99 Å². The van der Waals surface area contributed by atoms with Crippen LogP contribution in [0.4, 0.5) is 0 Å². The lowest BCUT2D eigenvalue weighted by atomic mass is 9.80. The van der Waals surface area contributed by atoms with Crippen molar-refractivity contribution in [3.8, 4) is 0 Å². The average Bonchev–Trinajstić information content (AvgIpc) is 3.09. The van der Waals surface area contributed by atoms with Gasteiger partial charge in [0.25, 0.3) is 0 Å². The van der Waals surface area contributed by atoms with Gasteiger partial charge in [-0.25, -0.2) is 0 Å². The van der Waals surface area contributed by atoms with Crippen molar-refractivity contribution in [2.45, 2.75) is 31.8 Å². The molecule has 5 aliphatic rings. The molecule has 2 aliphatic carbocycles. The Kier molecular flexibility index (Phi) is 2.54. The van der Waals surface area contributed by atoms with Gasteiger partial charge in [0.15, 0.2) is 29.2 Å². The maximum absolute atomic E-state index is 13.0. The Morgan fingerprint density at radius 3 is 2.83 bits per heavy atom. The molecule has 5 rings (SSSR count). The number of Topliss-reactive ketones (excluding diaryl/α,β-unsaturated/α-hetero) is 1. The summed E-state index contributed by atoms with van der Waals surface area (Å²) in [7, 11) is 0. The minimum atomic E-state index is -0.748. The second-order valence-corrected chi connectivity index (χ2v) is 6.80. The highest BCUT2D eigenvalue weighted by molar-refractivity contribution is 6.17. The molecule has 6 heteroatoms. The number of aliphatic imine (C=N–C) groups is 1. The molecule has 6 nitrogen and oxygen atoms in total. The van der Waals surface area contributed by atoms with E-state index in [0.717, 1.165) is 17.0 Å². The summed E-state index contributed by atoms with van der Waals surface area (Å²) >= 11 is 0. The van der Waals surface area contributed by atoms with Crippen LogP contribution in [-0.2, 0) is 23.7 Å². The summed E-state index contributed by atoms with van der Waals surface area (Å²) in [5.74, 6) is 0.302. The molecule has 0 aromatic rings. The highest BCUT2D eigenvalue weighted by Gasteiger charge is 2.59. The zero-order valence-corrected chi connectivity index (χ0v) is 12.9. The lowest BCUT2D eigenvalue weighted by molar-refractivity contribution is -0.156. The molecule has 0 aromatic carbocycles. The van der Waals surface area contributed by atoms with Crippen LogP contribution in [0.25, 0.3) is 0 Å². The second-order valence-electron chi connectivity index (χ2n) is 6.80. The normalized spacial score (nSPS) is 39.5. The van der Waals surface area contributed by atoms with E-state index in [-0.39, 0.29) is 30.5 Å². The van der Waals surface area contributed by atoms with Gasteiger partial charge in [-0.1, -0.05) is 6.08 Å². The summed E-state index contributed by atoms with van der Waals surface area (Å²) < 4.78 is 22.7. The fourth-order valence-corrected chi connectivity index (χ4v) is 4.02. The fourth-order valence-electron chi connectivity index (χ4n) is 4.02. The predicted octanol–water partition coefficient (Wildman–Crippen LogP) is 1.49. The molecule has 3 aliphatic heterocycles. The SMILES string of the molecule is CC1(C)O[C@@H]2C(=O)C3C(=NCC=C4C=C5OCOC5=CC43)[C@@H]2O1. The van der Waals surface area contributed by atoms with Crippen molar-refractivity contribution in [3.63, 3.8) is 0 Å². The van der Waals surface area contributed by atoms with Gasteiger partial charge >= 0.3 is 0 Å². The number of hydrogen-bond donors (Lipinski definition) is 0. The van der Waals surface area contributed by atoms with Gasteiger partial charge in [-0.15, -0.1) is 0 Å². The summed E-state index contributed by atoms with van der Waals surface area (Å²) in [6, 6.07) is 0. The Morgan fingerprint density at radius 1 is 1.17 bits per heavy atom. The summed E-state index contributed by atoms with van der Waals surface area (Å²) in [5, 5.41) is 0. The Balaban J connectivity index is 1.56. The third-order valence-electron chi connectivity index (χ3n) is 4.94. The van der Waals surface area contributed by atoms with Crippen LogP contribution in [-0.4, -0.2) is 42.8 Å². The molecule has 0 aromatic heterocycles. The van der Waals surface area contributed by atoms with E-state index in [1.54, 1.807) is 0 Å². The van der Waals surface area contributed by atoms with E-state index in [1.807, 2.05) is 32.1 Å². The molecule has 120 valence electrons. The van der Waals surface area contributed by atoms with Crippen molar-refractivity contribution in [1.29, 1.82) is 0 Å². The minimum Gasteiger partial charge on any atom is -0.454 e. The number of carbonyl (C=O) groups excluding carboxylic acids is 1. The molecular weight excluding hydrogens is 298 g/mol. The smallest absolute Gasteiger partial charge is 0.231 e. The van der Waals surface area contributed by atoms with Crippen molar-refractivity contribution in [2.24, 2.45) is 16.8 Å². The van der Waals surface area contributed by atoms with Crippen LogP contribution in [0.15, 0.2) is 40.3 Å². The maximum atomic E-state index is 13.0. The molecule has 23 heavy (non-hydrogen) atoms. The molecule has 1 saturated carbocycles. The zero-order chi connectivity index (χ0) is 15.8. The van der Waals surface area contributed by atoms with Gasteiger partial charge in [-0.2, -0.15) is 0 Å². The molecule has 0 amide bonds. The molecule has 3 heterocycles. The first kappa shape index (κ1) is 13.5. The van der Waals surface area contributed by atoms with Crippen LogP contribution in [0.3, 0.4) is 0 Å². The van der Waals surface area contributed by atoms with Crippen molar-refractivity contribution in [1.82, 2.24) is 0 Å². The topological polar surface area (TPSA) is 66.4 Å². The number of ether oxygens (including phenoxy) is 4. The van der Waals surface area contributed by atoms with Gasteiger partial charge in [-0.05, 0) is 31.6 Å². The lowest BCUT2D eigenvalue weighted by Gasteiger charge is -2.26. The molecular formula is C17H17NO5. The van der Waals surface area contributed by atoms with Gasteiger partial charge in [0.05, 0.1) is 18.2 Å². The summed E-state index contributed by atoms with van der Waals surface area (Å²) in [4.78, 5) is 17.6. The highest BCUT2D eigenvalue weighted by Crippen LogP contribution is 2.45. The minimum absolute atomic E-state index is 0.0461. The van der Waals surface area contributed by atoms with Gasteiger partial charge in [0.2, 0.25) is 6.79 Å². The molecule has 0 spiro atoms. The van der Waals surface area contributed by atoms with Crippen LogP contribution in [0.1, 0.15) is 13.8 Å². The highest BCUT2D eigenvalue weighted by atomic mass is 16.8. The Bertz CT molecular complexity index is 729. The molecule has 3 fully saturated rings. The number of rotatable bonds is 0. The average molecular weight is 315 g/mol. The van der Waals surface area contributed by atoms with Crippen LogP contribution in [0, 0.1) is 11.8 Å². The monoisotopic (exact) mass is 315 g/mol. The first-order valence-corrected chi connectivity index (χ1v) is 7.87. The first-order valence-electron chi connectivity index (χ1n) is 7.87. The Hall–Kier alpha value is -1.92. The molecule has 0 N–H and O–H groups in total. The second kappa shape index (κ2) is 4.33. The van der Waals surface area contributed by atoms with Crippen LogP contribution >= 0.6 is 0 Å². The third-order valence-corrected chi connectivity index (χ3v) is 4.94. The van der Waals surface area contributed by atoms with E-state index >= 15 is 0 Å². The van der Waals surface area contributed by atoms with E-state index in [1.165, 1.54) is 0 Å². The van der Waals surface area contributed by atoms with Gasteiger partial charge in [-0.3, -0.25) is 9.79 Å². The molecule has 2 unspecified atom stereocenters. The standard InChI is InChI=1S/C17H17NO5/c1-17(2)22-15-13-12(14(19)16(15)23-17)9-6-11-10(20-7-21-11)5-8(9)3-4-18-13/h3,5-6,9,12,15-16H,4,7H2,1-2H3/t9?,12?,15-,16+/m0/s1. The van der Waals surface area contributed by atoms with Crippen molar-refractivity contribution >= 4 is 11.5 Å². The van der Waals surface area contributed by atoms with Gasteiger partial charge < -0.3 is 18.9 Å². The number of hydrogen-bond acceptors (Lipinski definition) is 6. The van der Waals surface area contributed by atoms with Crippen molar-refractivity contribution in [3.05, 3.63) is 35.3 Å². The number of nitrogens with zero attached hydrogens (tertiary/aromatic N) is 1. The number of carbonyl (C=O) groups is 1. The van der Waals surface area contributed by atoms with Crippen LogP contribution < -0.4 is 0 Å². The van der Waals surface area contributed by atoms with Crippen molar-refractivity contribution in [2.75, 3.05) is 13.3 Å². The van der Waals surface area contributed by atoms with E-state index in [4.69, 9.17) is 18.9 Å². The molecule has 0 bridgehead atoms. The zero-order valence-electron chi connectivity index (χ0n) is 12.9. The van der Waals surface area contributed by atoms with Gasteiger partial charge in [0, 0.05) is 5.92 Å². The summed E-state index contributed by atoms with van der Waals surface area (Å²) in [5.41, 5.74) is 1.85. The first-order chi connectivity index (χ1) is 11.0. The van der Waals surface area contributed by atoms with Crippen LogP contribution in [0.5, 0.6) is 0 Å².